The second-order valence-electron chi connectivity index (χ2n) is 11.0. The SMILES string of the molecule is C=C1/C(=C\C=C2\CCC[C@]3(C)[C@@H]([C@H](C)CC[C@@H](O)C(C)C)CC[C@@H]23)C[C@@H](O)C[C@@H]1O. The van der Waals surface area contributed by atoms with Crippen molar-refractivity contribution in [2.45, 2.75) is 104 Å². The number of fused-ring (bicyclic) bond motifs is 1. The molecule has 0 aromatic rings. The summed E-state index contributed by atoms with van der Waals surface area (Å²) in [6, 6.07) is 0. The maximum atomic E-state index is 10.3. The second kappa shape index (κ2) is 9.71. The summed E-state index contributed by atoms with van der Waals surface area (Å²) in [5.41, 5.74) is 3.69. The van der Waals surface area contributed by atoms with Gasteiger partial charge in [-0.05, 0) is 91.6 Å². The Labute approximate surface area is 184 Å². The molecule has 0 radical (unpaired) electrons. The van der Waals surface area contributed by atoms with E-state index in [9.17, 15) is 15.3 Å². The molecule has 3 nitrogen and oxygen atoms in total. The highest BCUT2D eigenvalue weighted by atomic mass is 16.3. The molecule has 30 heavy (non-hydrogen) atoms. The minimum absolute atomic E-state index is 0.180. The Kier molecular flexibility index (Phi) is 7.69. The van der Waals surface area contributed by atoms with E-state index in [2.05, 4.69) is 46.4 Å². The fraction of sp³-hybridized carbons (Fsp3) is 0.778. The molecule has 3 N–H and O–H groups in total. The summed E-state index contributed by atoms with van der Waals surface area (Å²) in [5, 5.41) is 30.4. The molecule has 0 heterocycles. The van der Waals surface area contributed by atoms with E-state index in [0.29, 0.717) is 36.0 Å². The lowest BCUT2D eigenvalue weighted by molar-refractivity contribution is 0.0717. The first-order valence-electron chi connectivity index (χ1n) is 12.3. The van der Waals surface area contributed by atoms with Gasteiger partial charge >= 0.3 is 0 Å². The maximum absolute atomic E-state index is 10.3. The molecular weight excluding hydrogens is 372 g/mol. The first kappa shape index (κ1) is 23.8. The molecular formula is C27H44O3. The Morgan fingerprint density at radius 1 is 1.13 bits per heavy atom. The first-order chi connectivity index (χ1) is 14.1. The van der Waals surface area contributed by atoms with E-state index >= 15 is 0 Å². The van der Waals surface area contributed by atoms with Crippen LogP contribution >= 0.6 is 0 Å². The van der Waals surface area contributed by atoms with Crippen LogP contribution in [0.5, 0.6) is 0 Å². The highest BCUT2D eigenvalue weighted by Crippen LogP contribution is 2.60. The van der Waals surface area contributed by atoms with Crippen molar-refractivity contribution < 1.29 is 15.3 Å². The maximum Gasteiger partial charge on any atom is 0.0811 e. The van der Waals surface area contributed by atoms with Crippen molar-refractivity contribution in [1.29, 1.82) is 0 Å². The monoisotopic (exact) mass is 416 g/mol. The Morgan fingerprint density at radius 3 is 2.57 bits per heavy atom. The standard InChI is InChI=1S/C27H44O3/c1-17(2)25(29)13-8-18(3)23-11-12-24-20(7-6-14-27(23,24)5)9-10-21-15-22(28)16-26(30)19(21)4/h9-10,17-18,22-26,28-30H,4,6-8,11-16H2,1-3,5H3/b20-9-,21-10-/t18-,22-,23-,24+,25-,26+,27-/m1/s1. The largest absolute Gasteiger partial charge is 0.393 e. The number of aliphatic hydroxyl groups is 3. The van der Waals surface area contributed by atoms with Gasteiger partial charge in [-0.25, -0.2) is 0 Å². The van der Waals surface area contributed by atoms with E-state index in [1.807, 2.05) is 0 Å². The van der Waals surface area contributed by atoms with Crippen LogP contribution in [0.4, 0.5) is 0 Å². The van der Waals surface area contributed by atoms with Crippen molar-refractivity contribution in [2.24, 2.45) is 29.1 Å². The molecule has 3 heteroatoms. The van der Waals surface area contributed by atoms with Gasteiger partial charge in [0, 0.05) is 6.42 Å². The smallest absolute Gasteiger partial charge is 0.0811 e. The third-order valence-electron chi connectivity index (χ3n) is 8.68. The molecule has 0 aromatic heterocycles. The lowest BCUT2D eigenvalue weighted by Gasteiger charge is -2.44. The van der Waals surface area contributed by atoms with Crippen LogP contribution in [0.3, 0.4) is 0 Å². The normalized spacial score (nSPS) is 39.5. The molecule has 0 aliphatic heterocycles. The van der Waals surface area contributed by atoms with E-state index < -0.39 is 12.2 Å². The zero-order valence-corrected chi connectivity index (χ0v) is 19.6. The van der Waals surface area contributed by atoms with Crippen molar-refractivity contribution in [3.05, 3.63) is 35.5 Å². The summed E-state index contributed by atoms with van der Waals surface area (Å²) in [4.78, 5) is 0. The van der Waals surface area contributed by atoms with Gasteiger partial charge in [-0.3, -0.25) is 0 Å². The van der Waals surface area contributed by atoms with Crippen LogP contribution in [0.1, 0.15) is 85.5 Å². The number of hydrogen-bond donors (Lipinski definition) is 3. The van der Waals surface area contributed by atoms with Crippen LogP contribution in [0.15, 0.2) is 35.5 Å². The zero-order valence-electron chi connectivity index (χ0n) is 19.6. The lowest BCUT2D eigenvalue weighted by atomic mass is 9.60. The van der Waals surface area contributed by atoms with Crippen molar-refractivity contribution in [2.75, 3.05) is 0 Å². The van der Waals surface area contributed by atoms with E-state index in [0.717, 1.165) is 36.3 Å². The fourth-order valence-electron chi connectivity index (χ4n) is 6.65. The van der Waals surface area contributed by atoms with Crippen molar-refractivity contribution >= 4 is 0 Å². The molecule has 0 spiro atoms. The van der Waals surface area contributed by atoms with Gasteiger partial charge in [0.15, 0.2) is 0 Å². The Hall–Kier alpha value is -0.900. The number of aliphatic hydroxyl groups excluding tert-OH is 3. The van der Waals surface area contributed by atoms with Gasteiger partial charge in [0.05, 0.1) is 18.3 Å². The van der Waals surface area contributed by atoms with Gasteiger partial charge in [0.2, 0.25) is 0 Å². The summed E-state index contributed by atoms with van der Waals surface area (Å²) >= 11 is 0. The predicted octanol–water partition coefficient (Wildman–Crippen LogP) is 5.56. The van der Waals surface area contributed by atoms with E-state index in [-0.39, 0.29) is 6.10 Å². The van der Waals surface area contributed by atoms with Crippen LogP contribution in [-0.2, 0) is 0 Å². The molecule has 3 fully saturated rings. The van der Waals surface area contributed by atoms with Gasteiger partial charge in [-0.1, -0.05) is 52.0 Å². The molecule has 0 aromatic carbocycles. The van der Waals surface area contributed by atoms with Crippen molar-refractivity contribution in [1.82, 2.24) is 0 Å². The van der Waals surface area contributed by atoms with E-state index in [1.54, 1.807) is 5.57 Å². The second-order valence-corrected chi connectivity index (χ2v) is 11.0. The highest BCUT2D eigenvalue weighted by molar-refractivity contribution is 5.38. The van der Waals surface area contributed by atoms with Crippen LogP contribution < -0.4 is 0 Å². The molecule has 0 unspecified atom stereocenters. The molecule has 3 aliphatic rings. The number of allylic oxidation sites excluding steroid dienone is 3. The molecule has 0 amide bonds. The van der Waals surface area contributed by atoms with Crippen LogP contribution in [0.25, 0.3) is 0 Å². The molecule has 0 saturated heterocycles. The van der Waals surface area contributed by atoms with E-state index in [4.69, 9.17) is 0 Å². The lowest BCUT2D eigenvalue weighted by Crippen LogP contribution is -2.36. The highest BCUT2D eigenvalue weighted by Gasteiger charge is 2.50. The molecule has 7 atom stereocenters. The average molecular weight is 417 g/mol. The minimum Gasteiger partial charge on any atom is -0.393 e. The topological polar surface area (TPSA) is 60.7 Å². The quantitative estimate of drug-likeness (QED) is 0.531. The Morgan fingerprint density at radius 2 is 1.87 bits per heavy atom. The zero-order chi connectivity index (χ0) is 22.1. The summed E-state index contributed by atoms with van der Waals surface area (Å²) < 4.78 is 0. The van der Waals surface area contributed by atoms with Gasteiger partial charge in [0.25, 0.3) is 0 Å². The Bertz CT molecular complexity index is 676. The predicted molar refractivity (Wildman–Crippen MR) is 124 cm³/mol. The number of rotatable bonds is 6. The summed E-state index contributed by atoms with van der Waals surface area (Å²) in [6.07, 6.45) is 12.4. The van der Waals surface area contributed by atoms with E-state index in [1.165, 1.54) is 25.7 Å². The van der Waals surface area contributed by atoms with Gasteiger partial charge in [-0.2, -0.15) is 0 Å². The third kappa shape index (κ3) is 4.95. The molecule has 3 aliphatic carbocycles. The summed E-state index contributed by atoms with van der Waals surface area (Å²) in [7, 11) is 0. The van der Waals surface area contributed by atoms with Crippen molar-refractivity contribution in [3.63, 3.8) is 0 Å². The fourth-order valence-corrected chi connectivity index (χ4v) is 6.65. The van der Waals surface area contributed by atoms with Crippen molar-refractivity contribution in [3.8, 4) is 0 Å². The number of hydrogen-bond acceptors (Lipinski definition) is 3. The average Bonchev–Trinajstić information content (AvgIpc) is 3.04. The van der Waals surface area contributed by atoms with Gasteiger partial charge in [-0.15, -0.1) is 0 Å². The van der Waals surface area contributed by atoms with Gasteiger partial charge < -0.3 is 15.3 Å². The van der Waals surface area contributed by atoms with Gasteiger partial charge in [0.1, 0.15) is 0 Å². The summed E-state index contributed by atoms with van der Waals surface area (Å²) in [5.74, 6) is 2.35. The minimum atomic E-state index is -0.618. The Balaban J connectivity index is 1.72. The summed E-state index contributed by atoms with van der Waals surface area (Å²) in [6.45, 7) is 13.2. The molecule has 170 valence electrons. The molecule has 3 saturated carbocycles. The van der Waals surface area contributed by atoms with Crippen LogP contribution in [0.2, 0.25) is 0 Å². The first-order valence-corrected chi connectivity index (χ1v) is 12.3. The van der Waals surface area contributed by atoms with Crippen LogP contribution in [-0.4, -0.2) is 33.6 Å². The molecule has 0 bridgehead atoms. The van der Waals surface area contributed by atoms with Crippen LogP contribution in [0, 0.1) is 29.1 Å². The molecule has 3 rings (SSSR count). The third-order valence-corrected chi connectivity index (χ3v) is 8.68.